The lowest BCUT2D eigenvalue weighted by molar-refractivity contribution is -0.141. The van der Waals surface area contributed by atoms with Gasteiger partial charge in [0, 0.05) is 6.42 Å². The van der Waals surface area contributed by atoms with E-state index in [2.05, 4.69) is 5.32 Å². The zero-order chi connectivity index (χ0) is 16.7. The molecule has 2 N–H and O–H groups in total. The van der Waals surface area contributed by atoms with E-state index >= 15 is 0 Å². The number of nitrogens with one attached hydrogen (secondary N) is 1. The smallest absolute Gasteiger partial charge is 0.326 e. The fourth-order valence-corrected chi connectivity index (χ4v) is 2.47. The maximum absolute atomic E-state index is 11.8. The third-order valence-corrected chi connectivity index (χ3v) is 3.64. The van der Waals surface area contributed by atoms with Gasteiger partial charge in [0.05, 0.1) is 0 Å². The van der Waals surface area contributed by atoms with E-state index < -0.39 is 12.0 Å². The first-order valence-electron chi connectivity index (χ1n) is 7.78. The Morgan fingerprint density at radius 1 is 1.17 bits per heavy atom. The molecule has 0 radical (unpaired) electrons. The van der Waals surface area contributed by atoms with Gasteiger partial charge in [-0.1, -0.05) is 61.9 Å². The van der Waals surface area contributed by atoms with E-state index in [1.54, 1.807) is 6.08 Å². The summed E-state index contributed by atoms with van der Waals surface area (Å²) in [6, 6.07) is 12.7. The van der Waals surface area contributed by atoms with Crippen molar-refractivity contribution in [1.29, 1.82) is 0 Å². The summed E-state index contributed by atoms with van der Waals surface area (Å²) in [5.74, 6) is -1.40. The molecule has 2 aromatic carbocycles. The first-order chi connectivity index (χ1) is 11.1. The summed E-state index contributed by atoms with van der Waals surface area (Å²) in [7, 11) is 0. The largest absolute Gasteiger partial charge is 0.480 e. The van der Waals surface area contributed by atoms with Gasteiger partial charge in [-0.05, 0) is 28.8 Å². The van der Waals surface area contributed by atoms with Gasteiger partial charge in [-0.3, -0.25) is 4.79 Å². The van der Waals surface area contributed by atoms with Crippen LogP contribution in [0.4, 0.5) is 0 Å². The van der Waals surface area contributed by atoms with Crippen molar-refractivity contribution in [2.24, 2.45) is 0 Å². The number of carbonyl (C=O) groups excluding carboxylic acids is 1. The summed E-state index contributed by atoms with van der Waals surface area (Å²) in [5.41, 5.74) is 0.910. The van der Waals surface area contributed by atoms with E-state index in [9.17, 15) is 14.7 Å². The van der Waals surface area contributed by atoms with E-state index in [1.807, 2.05) is 49.4 Å². The molecule has 0 heterocycles. The number of unbranched alkanes of at least 4 members (excludes halogenated alkanes) is 1. The van der Waals surface area contributed by atoms with E-state index in [-0.39, 0.29) is 12.3 Å². The second-order valence-electron chi connectivity index (χ2n) is 5.43. The highest BCUT2D eigenvalue weighted by atomic mass is 16.4. The summed E-state index contributed by atoms with van der Waals surface area (Å²) in [4.78, 5) is 23.3. The molecule has 4 nitrogen and oxygen atoms in total. The van der Waals surface area contributed by atoms with Crippen molar-refractivity contribution in [3.05, 3.63) is 60.2 Å². The van der Waals surface area contributed by atoms with Gasteiger partial charge in [-0.2, -0.15) is 0 Å². The number of carboxylic acid groups (broad SMARTS) is 1. The fraction of sp³-hybridized carbons (Fsp3) is 0.263. The number of hydrogen-bond acceptors (Lipinski definition) is 2. The highest BCUT2D eigenvalue weighted by Gasteiger charge is 2.20. The van der Waals surface area contributed by atoms with Crippen molar-refractivity contribution in [2.75, 3.05) is 0 Å². The van der Waals surface area contributed by atoms with Crippen LogP contribution in [0.3, 0.4) is 0 Å². The molecule has 0 aromatic heterocycles. The second-order valence-corrected chi connectivity index (χ2v) is 5.43. The molecule has 1 atom stereocenters. The molecular weight excluding hydrogens is 290 g/mol. The number of benzene rings is 2. The van der Waals surface area contributed by atoms with Gasteiger partial charge in [-0.15, -0.1) is 0 Å². The third-order valence-electron chi connectivity index (χ3n) is 3.64. The van der Waals surface area contributed by atoms with Crippen LogP contribution in [0.15, 0.2) is 54.6 Å². The Bertz CT molecular complexity index is 716. The standard InChI is InChI=1S/C19H21NO3/c1-2-3-4-12-18(21)20-17(19(22)23)13-15-10-7-9-14-8-5-6-11-16(14)15/h4-12,17H,2-3,13H2,1H3,(H,20,21)(H,22,23)/b12-4+/t17-/m0/s1. The zero-order valence-corrected chi connectivity index (χ0v) is 13.2. The highest BCUT2D eigenvalue weighted by Crippen LogP contribution is 2.19. The maximum atomic E-state index is 11.8. The Hall–Kier alpha value is -2.62. The van der Waals surface area contributed by atoms with Crippen LogP contribution in [0.2, 0.25) is 0 Å². The van der Waals surface area contributed by atoms with Crippen molar-refractivity contribution in [2.45, 2.75) is 32.2 Å². The number of aliphatic carboxylic acids is 1. The van der Waals surface area contributed by atoms with Crippen LogP contribution in [0.5, 0.6) is 0 Å². The van der Waals surface area contributed by atoms with Gasteiger partial charge in [0.25, 0.3) is 0 Å². The van der Waals surface area contributed by atoms with Gasteiger partial charge in [0.1, 0.15) is 6.04 Å². The van der Waals surface area contributed by atoms with Crippen LogP contribution < -0.4 is 5.32 Å². The molecule has 0 aliphatic heterocycles. The second kappa shape index (κ2) is 8.13. The molecule has 0 unspecified atom stereocenters. The predicted molar refractivity (Wildman–Crippen MR) is 91.3 cm³/mol. The van der Waals surface area contributed by atoms with E-state index in [0.29, 0.717) is 0 Å². The van der Waals surface area contributed by atoms with Gasteiger partial charge >= 0.3 is 5.97 Å². The Balaban J connectivity index is 2.15. The molecule has 23 heavy (non-hydrogen) atoms. The van der Waals surface area contributed by atoms with Crippen molar-refractivity contribution in [3.63, 3.8) is 0 Å². The number of carboxylic acids is 1. The molecule has 2 aromatic rings. The molecule has 120 valence electrons. The van der Waals surface area contributed by atoms with E-state index in [1.165, 1.54) is 6.08 Å². The molecule has 0 aliphatic carbocycles. The van der Waals surface area contributed by atoms with Crippen LogP contribution in [0, 0.1) is 0 Å². The fourth-order valence-electron chi connectivity index (χ4n) is 2.47. The molecule has 2 rings (SSSR count). The van der Waals surface area contributed by atoms with Crippen LogP contribution in [-0.2, 0) is 16.0 Å². The monoisotopic (exact) mass is 311 g/mol. The third kappa shape index (κ3) is 4.68. The zero-order valence-electron chi connectivity index (χ0n) is 13.2. The lowest BCUT2D eigenvalue weighted by atomic mass is 9.99. The summed E-state index contributed by atoms with van der Waals surface area (Å²) >= 11 is 0. The van der Waals surface area contributed by atoms with Crippen molar-refractivity contribution in [1.82, 2.24) is 5.32 Å². The average Bonchev–Trinajstić information content (AvgIpc) is 2.54. The molecule has 0 saturated heterocycles. The number of rotatable bonds is 7. The quantitative estimate of drug-likeness (QED) is 0.771. The average molecular weight is 311 g/mol. The highest BCUT2D eigenvalue weighted by molar-refractivity contribution is 5.92. The molecule has 0 spiro atoms. The van der Waals surface area contributed by atoms with Crippen molar-refractivity contribution < 1.29 is 14.7 Å². The lowest BCUT2D eigenvalue weighted by Gasteiger charge is -2.15. The molecule has 4 heteroatoms. The van der Waals surface area contributed by atoms with Crippen molar-refractivity contribution >= 4 is 22.6 Å². The summed E-state index contributed by atoms with van der Waals surface area (Å²) in [5, 5.41) is 14.0. The Morgan fingerprint density at radius 2 is 1.91 bits per heavy atom. The molecule has 0 saturated carbocycles. The first-order valence-corrected chi connectivity index (χ1v) is 7.78. The molecule has 1 amide bonds. The minimum atomic E-state index is -1.03. The van der Waals surface area contributed by atoms with Gasteiger partial charge < -0.3 is 10.4 Å². The van der Waals surface area contributed by atoms with E-state index in [0.717, 1.165) is 29.2 Å². The van der Waals surface area contributed by atoms with E-state index in [4.69, 9.17) is 0 Å². The lowest BCUT2D eigenvalue weighted by Crippen LogP contribution is -2.41. The minimum absolute atomic E-state index is 0.254. The summed E-state index contributed by atoms with van der Waals surface area (Å²) < 4.78 is 0. The predicted octanol–water partition coefficient (Wildman–Crippen LogP) is 3.31. The molecule has 0 fully saturated rings. The van der Waals surface area contributed by atoms with Gasteiger partial charge in [0.15, 0.2) is 0 Å². The molecule has 0 aliphatic rings. The Kier molecular flexibility index (Phi) is 5.92. The van der Waals surface area contributed by atoms with Gasteiger partial charge in [-0.25, -0.2) is 4.79 Å². The first kappa shape index (κ1) is 16.7. The molecule has 0 bridgehead atoms. The summed E-state index contributed by atoms with van der Waals surface area (Å²) in [6.07, 6.45) is 5.16. The van der Waals surface area contributed by atoms with Crippen LogP contribution in [0.1, 0.15) is 25.3 Å². The minimum Gasteiger partial charge on any atom is -0.480 e. The van der Waals surface area contributed by atoms with Gasteiger partial charge in [0.2, 0.25) is 5.91 Å². The van der Waals surface area contributed by atoms with Crippen LogP contribution in [-0.4, -0.2) is 23.0 Å². The SMILES string of the molecule is CCC/C=C/C(=O)N[C@@H](Cc1cccc2ccccc12)C(=O)O. The normalized spacial score (nSPS) is 12.4. The number of allylic oxidation sites excluding steroid dienone is 1. The van der Waals surface area contributed by atoms with Crippen LogP contribution >= 0.6 is 0 Å². The number of amides is 1. The maximum Gasteiger partial charge on any atom is 0.326 e. The van der Waals surface area contributed by atoms with Crippen molar-refractivity contribution in [3.8, 4) is 0 Å². The number of fused-ring (bicyclic) bond motifs is 1. The van der Waals surface area contributed by atoms with Crippen LogP contribution in [0.25, 0.3) is 10.8 Å². The molecular formula is C19H21NO3. The number of carbonyl (C=O) groups is 2. The number of hydrogen-bond donors (Lipinski definition) is 2. The summed E-state index contributed by atoms with van der Waals surface area (Å²) in [6.45, 7) is 2.02. The Labute approximate surface area is 135 Å². The Morgan fingerprint density at radius 3 is 2.65 bits per heavy atom. The topological polar surface area (TPSA) is 66.4 Å².